The van der Waals surface area contributed by atoms with E-state index in [2.05, 4.69) is 31.5 Å². The first-order valence-electron chi connectivity index (χ1n) is 5.08. The molecule has 0 aliphatic carbocycles. The van der Waals surface area contributed by atoms with E-state index in [0.717, 1.165) is 10.2 Å². The van der Waals surface area contributed by atoms with Gasteiger partial charge in [-0.05, 0) is 31.2 Å². The van der Waals surface area contributed by atoms with Crippen molar-refractivity contribution in [3.8, 4) is 0 Å². The van der Waals surface area contributed by atoms with Crippen LogP contribution in [0.5, 0.6) is 0 Å². The molecular weight excluding hydrogens is 288 g/mol. The maximum Gasteiger partial charge on any atom is 0.315 e. The topological polar surface area (TPSA) is 67.4 Å². The van der Waals surface area contributed by atoms with E-state index >= 15 is 0 Å². The van der Waals surface area contributed by atoms with Crippen LogP contribution in [-0.4, -0.2) is 18.5 Å². The van der Waals surface area contributed by atoms with Gasteiger partial charge < -0.3 is 4.74 Å². The number of rotatable bonds is 5. The third-order valence-electron chi connectivity index (χ3n) is 1.80. The van der Waals surface area contributed by atoms with Crippen LogP contribution in [0.25, 0.3) is 0 Å². The largest absolute Gasteiger partial charge is 0.466 e. The molecule has 1 aromatic carbocycles. The number of carbonyl (C=O) groups is 2. The zero-order chi connectivity index (χ0) is 12.7. The lowest BCUT2D eigenvalue weighted by molar-refractivity contribution is -0.145. The van der Waals surface area contributed by atoms with Gasteiger partial charge in [-0.1, -0.05) is 15.9 Å². The zero-order valence-electron chi connectivity index (χ0n) is 9.33. The molecule has 0 aliphatic heterocycles. The molecule has 0 saturated carbocycles. The van der Waals surface area contributed by atoms with E-state index in [-0.39, 0.29) is 13.0 Å². The highest BCUT2D eigenvalue weighted by Crippen LogP contribution is 2.13. The summed E-state index contributed by atoms with van der Waals surface area (Å²) in [5.74, 6) is -0.978. The SMILES string of the molecule is CCOC(=O)CC(=O)NNc1ccc(Br)cc1. The van der Waals surface area contributed by atoms with Crippen molar-refractivity contribution >= 4 is 33.5 Å². The van der Waals surface area contributed by atoms with Crippen molar-refractivity contribution in [1.29, 1.82) is 0 Å². The number of carbonyl (C=O) groups excluding carboxylic acids is 2. The number of hydrazine groups is 1. The van der Waals surface area contributed by atoms with Gasteiger partial charge in [-0.25, -0.2) is 0 Å². The van der Waals surface area contributed by atoms with Crippen molar-refractivity contribution in [2.45, 2.75) is 13.3 Å². The molecule has 17 heavy (non-hydrogen) atoms. The number of esters is 1. The first kappa shape index (κ1) is 13.5. The van der Waals surface area contributed by atoms with Gasteiger partial charge in [0.05, 0.1) is 12.3 Å². The number of nitrogens with one attached hydrogen (secondary N) is 2. The fourth-order valence-corrected chi connectivity index (χ4v) is 1.33. The average Bonchev–Trinajstić information content (AvgIpc) is 2.28. The second kappa shape index (κ2) is 6.90. The molecule has 0 unspecified atom stereocenters. The van der Waals surface area contributed by atoms with Gasteiger partial charge in [0.25, 0.3) is 0 Å². The van der Waals surface area contributed by atoms with Gasteiger partial charge in [0.15, 0.2) is 0 Å². The highest BCUT2D eigenvalue weighted by Gasteiger charge is 2.09. The molecule has 6 heteroatoms. The van der Waals surface area contributed by atoms with Crippen LogP contribution < -0.4 is 10.9 Å². The van der Waals surface area contributed by atoms with Crippen molar-refractivity contribution in [3.63, 3.8) is 0 Å². The van der Waals surface area contributed by atoms with Crippen LogP contribution in [0.15, 0.2) is 28.7 Å². The van der Waals surface area contributed by atoms with Crippen LogP contribution in [0.1, 0.15) is 13.3 Å². The summed E-state index contributed by atoms with van der Waals surface area (Å²) in [4.78, 5) is 22.3. The quantitative estimate of drug-likeness (QED) is 0.495. The number of hydrogen-bond acceptors (Lipinski definition) is 4. The Morgan fingerprint density at radius 1 is 1.29 bits per heavy atom. The summed E-state index contributed by atoms with van der Waals surface area (Å²) in [6, 6.07) is 7.24. The lowest BCUT2D eigenvalue weighted by atomic mass is 10.3. The van der Waals surface area contributed by atoms with Crippen molar-refractivity contribution in [2.24, 2.45) is 0 Å². The minimum Gasteiger partial charge on any atom is -0.466 e. The van der Waals surface area contributed by atoms with E-state index in [9.17, 15) is 9.59 Å². The van der Waals surface area contributed by atoms with Crippen LogP contribution in [0, 0.1) is 0 Å². The van der Waals surface area contributed by atoms with E-state index in [1.165, 1.54) is 0 Å². The molecule has 0 atom stereocenters. The number of benzene rings is 1. The highest BCUT2D eigenvalue weighted by molar-refractivity contribution is 9.10. The Morgan fingerprint density at radius 3 is 2.53 bits per heavy atom. The molecule has 0 bridgehead atoms. The summed E-state index contributed by atoms with van der Waals surface area (Å²) in [6.07, 6.45) is -0.294. The van der Waals surface area contributed by atoms with Crippen LogP contribution >= 0.6 is 15.9 Å². The molecule has 0 aliphatic rings. The van der Waals surface area contributed by atoms with E-state index in [1.54, 1.807) is 19.1 Å². The van der Waals surface area contributed by atoms with Crippen molar-refractivity contribution in [3.05, 3.63) is 28.7 Å². The molecule has 0 saturated heterocycles. The van der Waals surface area contributed by atoms with Crippen molar-refractivity contribution in [2.75, 3.05) is 12.0 Å². The van der Waals surface area contributed by atoms with Gasteiger partial charge in [0.1, 0.15) is 6.42 Å². The Balaban J connectivity index is 2.33. The molecular formula is C11H13BrN2O3. The predicted molar refractivity (Wildman–Crippen MR) is 67.2 cm³/mol. The first-order chi connectivity index (χ1) is 8.11. The Bertz CT molecular complexity index is 392. The molecule has 5 nitrogen and oxygen atoms in total. The van der Waals surface area contributed by atoms with E-state index in [4.69, 9.17) is 0 Å². The second-order valence-electron chi connectivity index (χ2n) is 3.16. The summed E-state index contributed by atoms with van der Waals surface area (Å²) in [5.41, 5.74) is 5.82. The molecule has 0 heterocycles. The summed E-state index contributed by atoms with van der Waals surface area (Å²) in [7, 11) is 0. The molecule has 2 N–H and O–H groups in total. The van der Waals surface area contributed by atoms with Crippen LogP contribution in [0.3, 0.4) is 0 Å². The summed E-state index contributed by atoms with van der Waals surface area (Å²) in [5, 5.41) is 0. The standard InChI is InChI=1S/C11H13BrN2O3/c1-2-17-11(16)7-10(15)14-13-9-5-3-8(12)4-6-9/h3-6,13H,2,7H2,1H3,(H,14,15). The molecule has 0 fully saturated rings. The van der Waals surface area contributed by atoms with Gasteiger partial charge in [-0.3, -0.25) is 20.4 Å². The highest BCUT2D eigenvalue weighted by atomic mass is 79.9. The molecule has 0 spiro atoms. The minimum atomic E-state index is -0.539. The van der Waals surface area contributed by atoms with Crippen LogP contribution in [0.4, 0.5) is 5.69 Å². The van der Waals surface area contributed by atoms with Gasteiger partial charge in [0, 0.05) is 4.47 Å². The van der Waals surface area contributed by atoms with Crippen molar-refractivity contribution < 1.29 is 14.3 Å². The smallest absolute Gasteiger partial charge is 0.315 e. The lowest BCUT2D eigenvalue weighted by Crippen LogP contribution is -2.31. The van der Waals surface area contributed by atoms with E-state index < -0.39 is 11.9 Å². The average molecular weight is 301 g/mol. The first-order valence-corrected chi connectivity index (χ1v) is 5.87. The Morgan fingerprint density at radius 2 is 1.94 bits per heavy atom. The number of ether oxygens (including phenoxy) is 1. The second-order valence-corrected chi connectivity index (χ2v) is 4.08. The normalized spacial score (nSPS) is 9.53. The fraction of sp³-hybridized carbons (Fsp3) is 0.273. The van der Waals surface area contributed by atoms with Crippen LogP contribution in [0.2, 0.25) is 0 Å². The number of amides is 1. The maximum atomic E-state index is 11.3. The van der Waals surface area contributed by atoms with Gasteiger partial charge in [0.2, 0.25) is 5.91 Å². The minimum absolute atomic E-state index is 0.270. The third-order valence-corrected chi connectivity index (χ3v) is 2.33. The summed E-state index contributed by atoms with van der Waals surface area (Å²) >= 11 is 3.30. The van der Waals surface area contributed by atoms with Crippen molar-refractivity contribution in [1.82, 2.24) is 5.43 Å². The Hall–Kier alpha value is -1.56. The monoisotopic (exact) mass is 300 g/mol. The molecule has 1 rings (SSSR count). The molecule has 1 amide bonds. The molecule has 92 valence electrons. The number of hydrogen-bond donors (Lipinski definition) is 2. The van der Waals surface area contributed by atoms with Crippen LogP contribution in [-0.2, 0) is 14.3 Å². The van der Waals surface area contributed by atoms with Gasteiger partial charge in [-0.15, -0.1) is 0 Å². The van der Waals surface area contributed by atoms with Gasteiger partial charge >= 0.3 is 5.97 Å². The Kier molecular flexibility index (Phi) is 5.48. The predicted octanol–water partition coefficient (Wildman–Crippen LogP) is 1.85. The third kappa shape index (κ3) is 5.35. The number of anilines is 1. The van der Waals surface area contributed by atoms with Gasteiger partial charge in [-0.2, -0.15) is 0 Å². The number of halogens is 1. The maximum absolute atomic E-state index is 11.3. The summed E-state index contributed by atoms with van der Waals surface area (Å²) in [6.45, 7) is 1.96. The molecule has 0 radical (unpaired) electrons. The fourth-order valence-electron chi connectivity index (χ4n) is 1.06. The molecule has 1 aromatic rings. The Labute approximate surface area is 108 Å². The zero-order valence-corrected chi connectivity index (χ0v) is 10.9. The lowest BCUT2D eigenvalue weighted by Gasteiger charge is -2.08. The van der Waals surface area contributed by atoms with E-state index in [1.807, 2.05) is 12.1 Å². The van der Waals surface area contributed by atoms with E-state index in [0.29, 0.717) is 0 Å². The summed E-state index contributed by atoms with van der Waals surface area (Å²) < 4.78 is 5.59. The molecule has 0 aromatic heterocycles.